The first-order chi connectivity index (χ1) is 21.5. The first-order valence-electron chi connectivity index (χ1n) is 15.0. The third kappa shape index (κ3) is 4.45. The molecule has 0 fully saturated rings. The smallest absolute Gasteiger partial charge is 0.160 e. The van der Waals surface area contributed by atoms with E-state index in [1.165, 1.54) is 22.3 Å². The highest BCUT2D eigenvalue weighted by atomic mass is 16.5. The molecule has 0 amide bonds. The lowest BCUT2D eigenvalue weighted by Crippen LogP contribution is -2.24. The first-order valence-corrected chi connectivity index (χ1v) is 15.0. The van der Waals surface area contributed by atoms with Crippen molar-refractivity contribution >= 4 is 10.9 Å². The third-order valence-corrected chi connectivity index (χ3v) is 8.76. The second kappa shape index (κ2) is 10.3. The number of hydrogen-bond acceptors (Lipinski definition) is 3. The second-order valence-electron chi connectivity index (χ2n) is 11.9. The molecule has 0 spiro atoms. The molecular formula is C41H30N2O. The normalized spacial score (nSPS) is 13.1. The van der Waals surface area contributed by atoms with Crippen LogP contribution in [0, 0.1) is 0 Å². The number of para-hydroxylation sites is 2. The molecule has 6 aromatic carbocycles. The summed E-state index contributed by atoms with van der Waals surface area (Å²) in [5.74, 6) is 2.59. The Morgan fingerprint density at radius 2 is 1.07 bits per heavy atom. The second-order valence-corrected chi connectivity index (χ2v) is 11.9. The van der Waals surface area contributed by atoms with Gasteiger partial charge in [0.25, 0.3) is 0 Å². The van der Waals surface area contributed by atoms with Gasteiger partial charge in [-0.2, -0.15) is 0 Å². The molecule has 0 saturated carbocycles. The fourth-order valence-electron chi connectivity index (χ4n) is 6.33. The van der Waals surface area contributed by atoms with Crippen LogP contribution in [0.3, 0.4) is 0 Å². The quantitative estimate of drug-likeness (QED) is 0.213. The summed E-state index contributed by atoms with van der Waals surface area (Å²) in [4.78, 5) is 9.96. The van der Waals surface area contributed by atoms with Gasteiger partial charge in [-0.3, -0.25) is 0 Å². The zero-order valence-electron chi connectivity index (χ0n) is 24.7. The summed E-state index contributed by atoms with van der Waals surface area (Å²) in [7, 11) is 0. The summed E-state index contributed by atoms with van der Waals surface area (Å²) in [5.41, 5.74) is 10.9. The van der Waals surface area contributed by atoms with Crippen LogP contribution in [0.2, 0.25) is 0 Å². The van der Waals surface area contributed by atoms with Gasteiger partial charge in [-0.25, -0.2) is 9.97 Å². The zero-order chi connectivity index (χ0) is 29.7. The number of nitrogens with zero attached hydrogens (tertiary/aromatic N) is 2. The monoisotopic (exact) mass is 566 g/mol. The van der Waals surface area contributed by atoms with Gasteiger partial charge in [-0.15, -0.1) is 0 Å². The van der Waals surface area contributed by atoms with E-state index in [0.29, 0.717) is 0 Å². The largest absolute Gasteiger partial charge is 0.457 e. The van der Waals surface area contributed by atoms with Crippen LogP contribution in [-0.2, 0) is 5.41 Å². The van der Waals surface area contributed by atoms with Crippen LogP contribution in [0.1, 0.15) is 25.0 Å². The van der Waals surface area contributed by atoms with E-state index in [2.05, 4.69) is 123 Å². The molecule has 0 radical (unpaired) electrons. The van der Waals surface area contributed by atoms with Crippen molar-refractivity contribution in [1.82, 2.24) is 9.97 Å². The fraction of sp³-hybridized carbons (Fsp3) is 0.0732. The molecule has 8 rings (SSSR count). The summed E-state index contributed by atoms with van der Waals surface area (Å²) in [5, 5.41) is 1.05. The maximum atomic E-state index is 6.29. The molecule has 44 heavy (non-hydrogen) atoms. The fourth-order valence-corrected chi connectivity index (χ4v) is 6.33. The molecule has 0 saturated heterocycles. The van der Waals surface area contributed by atoms with Gasteiger partial charge in [-0.05, 0) is 52.6 Å². The van der Waals surface area contributed by atoms with Crippen LogP contribution in [0.5, 0.6) is 11.5 Å². The molecule has 1 aliphatic heterocycles. The number of ether oxygens (including phenoxy) is 1. The van der Waals surface area contributed by atoms with Crippen molar-refractivity contribution in [3.8, 4) is 56.4 Å². The molecule has 1 aliphatic rings. The standard InChI is InChI=1S/C41H30N2O/c1-41(2)34-16-7-9-18-37(34)44-38-24-23-32(26-35(38)41)31-14-10-13-30(25-31)27-19-21-29(22-20-27)40-42-36-17-8-6-15-33(36)39(43-40)28-11-4-3-5-12-28/h3-26H,1-2H3. The summed E-state index contributed by atoms with van der Waals surface area (Å²) in [6.07, 6.45) is 0. The SMILES string of the molecule is CC1(C)c2ccccc2Oc2ccc(-c3cccc(-c4ccc(-c5nc(-c6ccccc6)c6ccccc6n5)cc4)c3)cc21. The lowest BCUT2D eigenvalue weighted by atomic mass is 9.75. The Morgan fingerprint density at radius 1 is 0.455 bits per heavy atom. The van der Waals surface area contributed by atoms with Crippen LogP contribution in [0.15, 0.2) is 146 Å². The zero-order valence-corrected chi connectivity index (χ0v) is 24.7. The Hall–Kier alpha value is -5.54. The molecule has 0 unspecified atom stereocenters. The first kappa shape index (κ1) is 26.1. The number of rotatable bonds is 4. The number of hydrogen-bond donors (Lipinski definition) is 0. The van der Waals surface area contributed by atoms with Gasteiger partial charge in [0.15, 0.2) is 5.82 Å². The topological polar surface area (TPSA) is 35.0 Å². The van der Waals surface area contributed by atoms with Crippen LogP contribution < -0.4 is 4.74 Å². The van der Waals surface area contributed by atoms with Gasteiger partial charge in [0.05, 0.1) is 11.2 Å². The van der Waals surface area contributed by atoms with E-state index in [1.807, 2.05) is 36.4 Å². The van der Waals surface area contributed by atoms with Crippen LogP contribution >= 0.6 is 0 Å². The summed E-state index contributed by atoms with van der Waals surface area (Å²) in [6, 6.07) is 50.7. The molecule has 0 aliphatic carbocycles. The molecule has 0 N–H and O–H groups in total. The maximum absolute atomic E-state index is 6.29. The van der Waals surface area contributed by atoms with Gasteiger partial charge < -0.3 is 4.74 Å². The predicted molar refractivity (Wildman–Crippen MR) is 180 cm³/mol. The Kier molecular flexibility index (Phi) is 6.13. The van der Waals surface area contributed by atoms with E-state index in [9.17, 15) is 0 Å². The maximum Gasteiger partial charge on any atom is 0.160 e. The molecule has 0 atom stereocenters. The molecule has 2 heterocycles. The summed E-state index contributed by atoms with van der Waals surface area (Å²) in [6.45, 7) is 4.55. The Bertz CT molecular complexity index is 2160. The number of fused-ring (bicyclic) bond motifs is 3. The Morgan fingerprint density at radius 3 is 1.91 bits per heavy atom. The van der Waals surface area contributed by atoms with Crippen LogP contribution in [0.4, 0.5) is 0 Å². The van der Waals surface area contributed by atoms with Gasteiger partial charge in [0.2, 0.25) is 0 Å². The highest BCUT2D eigenvalue weighted by Crippen LogP contribution is 2.48. The van der Waals surface area contributed by atoms with Crippen molar-refractivity contribution < 1.29 is 4.74 Å². The average molecular weight is 567 g/mol. The minimum Gasteiger partial charge on any atom is -0.457 e. The van der Waals surface area contributed by atoms with E-state index in [1.54, 1.807) is 0 Å². The highest BCUT2D eigenvalue weighted by Gasteiger charge is 2.34. The molecule has 7 aromatic rings. The molecule has 0 bridgehead atoms. The molecule has 210 valence electrons. The van der Waals surface area contributed by atoms with Gasteiger partial charge in [0.1, 0.15) is 11.5 Å². The van der Waals surface area contributed by atoms with Gasteiger partial charge >= 0.3 is 0 Å². The lowest BCUT2D eigenvalue weighted by molar-refractivity contribution is 0.418. The Balaban J connectivity index is 1.13. The average Bonchev–Trinajstić information content (AvgIpc) is 3.08. The van der Waals surface area contributed by atoms with Crippen molar-refractivity contribution in [2.75, 3.05) is 0 Å². The van der Waals surface area contributed by atoms with Crippen LogP contribution in [-0.4, -0.2) is 9.97 Å². The minimum atomic E-state index is -0.154. The summed E-state index contributed by atoms with van der Waals surface area (Å²) < 4.78 is 6.29. The molecule has 1 aromatic heterocycles. The predicted octanol–water partition coefficient (Wildman–Crippen LogP) is 10.7. The third-order valence-electron chi connectivity index (χ3n) is 8.76. The lowest BCUT2D eigenvalue weighted by Gasteiger charge is -2.34. The summed E-state index contributed by atoms with van der Waals surface area (Å²) >= 11 is 0. The van der Waals surface area contributed by atoms with E-state index in [-0.39, 0.29) is 5.41 Å². The van der Waals surface area contributed by atoms with Crippen LogP contribution in [0.25, 0.3) is 55.8 Å². The van der Waals surface area contributed by atoms with Crippen molar-refractivity contribution in [1.29, 1.82) is 0 Å². The minimum absolute atomic E-state index is 0.154. The van der Waals surface area contributed by atoms with E-state index in [0.717, 1.165) is 56.2 Å². The Labute approximate surface area is 257 Å². The number of benzene rings is 6. The molecule has 3 heteroatoms. The highest BCUT2D eigenvalue weighted by molar-refractivity contribution is 5.93. The van der Waals surface area contributed by atoms with E-state index < -0.39 is 0 Å². The van der Waals surface area contributed by atoms with Crippen molar-refractivity contribution in [3.63, 3.8) is 0 Å². The van der Waals surface area contributed by atoms with E-state index in [4.69, 9.17) is 14.7 Å². The van der Waals surface area contributed by atoms with Gasteiger partial charge in [0, 0.05) is 33.1 Å². The van der Waals surface area contributed by atoms with E-state index >= 15 is 0 Å². The number of aromatic nitrogens is 2. The van der Waals surface area contributed by atoms with Crippen molar-refractivity contribution in [2.45, 2.75) is 19.3 Å². The van der Waals surface area contributed by atoms with Crippen molar-refractivity contribution in [2.24, 2.45) is 0 Å². The van der Waals surface area contributed by atoms with Gasteiger partial charge in [-0.1, -0.05) is 129 Å². The molecule has 3 nitrogen and oxygen atoms in total. The molecular weight excluding hydrogens is 536 g/mol. The van der Waals surface area contributed by atoms with Crippen molar-refractivity contribution in [3.05, 3.63) is 157 Å².